The van der Waals surface area contributed by atoms with Crippen molar-refractivity contribution in [1.82, 2.24) is 4.98 Å². The maximum atomic E-state index is 12.2. The second-order valence-corrected chi connectivity index (χ2v) is 9.04. The molecule has 1 saturated carbocycles. The monoisotopic (exact) mass is 413 g/mol. The van der Waals surface area contributed by atoms with E-state index in [0.29, 0.717) is 17.2 Å². The van der Waals surface area contributed by atoms with Crippen LogP contribution in [0.2, 0.25) is 0 Å². The summed E-state index contributed by atoms with van der Waals surface area (Å²) in [4.78, 5) is 4.41. The normalized spacial score (nSPS) is 13.9. The number of aromatic nitrogens is 1. The van der Waals surface area contributed by atoms with Crippen molar-refractivity contribution in [1.29, 1.82) is 0 Å². The molecule has 7 nitrogen and oxygen atoms in total. The number of ether oxygens (including phenoxy) is 2. The summed E-state index contributed by atoms with van der Waals surface area (Å²) in [5.74, 6) is 1.24. The summed E-state index contributed by atoms with van der Waals surface area (Å²) >= 11 is 0. The van der Waals surface area contributed by atoms with Crippen molar-refractivity contribution in [2.24, 2.45) is 0 Å². The largest absolute Gasteiger partial charge is 0.493 e. The maximum absolute atomic E-state index is 12.2. The van der Waals surface area contributed by atoms with Crippen molar-refractivity contribution >= 4 is 38.0 Å². The number of nitrogens with one attached hydrogen (secondary N) is 2. The van der Waals surface area contributed by atoms with E-state index >= 15 is 0 Å². The highest BCUT2D eigenvalue weighted by Gasteiger charge is 2.35. The molecule has 4 rings (SSSR count). The quantitative estimate of drug-likeness (QED) is 0.603. The van der Waals surface area contributed by atoms with Gasteiger partial charge in [0.1, 0.15) is 0 Å². The van der Waals surface area contributed by atoms with Crippen molar-refractivity contribution in [2.75, 3.05) is 24.3 Å². The van der Waals surface area contributed by atoms with E-state index in [1.165, 1.54) is 0 Å². The molecule has 0 radical (unpaired) electrons. The van der Waals surface area contributed by atoms with Crippen molar-refractivity contribution in [2.45, 2.75) is 25.0 Å². The first-order valence-corrected chi connectivity index (χ1v) is 10.9. The Morgan fingerprint density at radius 3 is 2.38 bits per heavy atom. The highest BCUT2D eigenvalue weighted by molar-refractivity contribution is 7.93. The first kappa shape index (κ1) is 19.3. The number of aryl methyl sites for hydroxylation is 1. The van der Waals surface area contributed by atoms with Crippen molar-refractivity contribution in [3.8, 4) is 11.5 Å². The molecule has 0 spiro atoms. The lowest BCUT2D eigenvalue weighted by Crippen LogP contribution is -2.17. The second kappa shape index (κ2) is 7.44. The fourth-order valence-corrected chi connectivity index (χ4v) is 4.67. The molecule has 1 heterocycles. The number of nitrogens with zero attached hydrogens (tertiary/aromatic N) is 1. The van der Waals surface area contributed by atoms with Gasteiger partial charge in [-0.05, 0) is 55.7 Å². The summed E-state index contributed by atoms with van der Waals surface area (Å²) in [7, 11) is -0.0959. The van der Waals surface area contributed by atoms with E-state index in [0.717, 1.165) is 40.7 Å². The Bertz CT molecular complexity index is 1170. The summed E-state index contributed by atoms with van der Waals surface area (Å²) < 4.78 is 37.8. The minimum absolute atomic E-state index is 0.255. The van der Waals surface area contributed by atoms with E-state index in [-0.39, 0.29) is 5.25 Å². The Hall–Kier alpha value is -3.00. The lowest BCUT2D eigenvalue weighted by atomic mass is 10.1. The summed E-state index contributed by atoms with van der Waals surface area (Å²) in [5.41, 5.74) is 3.93. The second-order valence-electron chi connectivity index (χ2n) is 7.08. The van der Waals surface area contributed by atoms with Gasteiger partial charge in [-0.15, -0.1) is 0 Å². The Morgan fingerprint density at radius 1 is 1.00 bits per heavy atom. The van der Waals surface area contributed by atoms with Gasteiger partial charge in [0, 0.05) is 29.0 Å². The minimum Gasteiger partial charge on any atom is -0.493 e. The van der Waals surface area contributed by atoms with Gasteiger partial charge in [0.25, 0.3) is 0 Å². The van der Waals surface area contributed by atoms with Crippen LogP contribution in [0, 0.1) is 6.92 Å². The fourth-order valence-electron chi connectivity index (χ4n) is 3.21. The van der Waals surface area contributed by atoms with Gasteiger partial charge < -0.3 is 14.8 Å². The summed E-state index contributed by atoms with van der Waals surface area (Å²) in [6.07, 6.45) is 3.19. The molecule has 2 aromatic carbocycles. The number of benzene rings is 2. The fraction of sp³-hybridized carbons (Fsp3) is 0.286. The highest BCUT2D eigenvalue weighted by atomic mass is 32.2. The molecule has 1 aromatic heterocycles. The molecule has 29 heavy (non-hydrogen) atoms. The Morgan fingerprint density at radius 2 is 1.72 bits per heavy atom. The van der Waals surface area contributed by atoms with Crippen LogP contribution in [0.1, 0.15) is 18.4 Å². The molecule has 0 aliphatic heterocycles. The molecule has 3 aromatic rings. The summed E-state index contributed by atoms with van der Waals surface area (Å²) in [6.45, 7) is 1.88. The zero-order valence-corrected chi connectivity index (χ0v) is 17.3. The number of fused-ring (bicyclic) bond motifs is 1. The zero-order chi connectivity index (χ0) is 20.6. The average molecular weight is 413 g/mol. The summed E-state index contributed by atoms with van der Waals surface area (Å²) in [5, 5.41) is 4.02. The number of rotatable bonds is 7. The number of sulfonamides is 1. The molecule has 0 atom stereocenters. The van der Waals surface area contributed by atoms with E-state index < -0.39 is 10.0 Å². The maximum Gasteiger partial charge on any atom is 0.235 e. The van der Waals surface area contributed by atoms with Gasteiger partial charge in [0.2, 0.25) is 10.0 Å². The van der Waals surface area contributed by atoms with Crippen LogP contribution >= 0.6 is 0 Å². The molecule has 0 saturated heterocycles. The van der Waals surface area contributed by atoms with Gasteiger partial charge >= 0.3 is 0 Å². The number of hydrogen-bond donors (Lipinski definition) is 2. The van der Waals surface area contributed by atoms with Crippen LogP contribution in [0.5, 0.6) is 11.5 Å². The van der Waals surface area contributed by atoms with Crippen LogP contribution in [0.3, 0.4) is 0 Å². The van der Waals surface area contributed by atoms with E-state index in [9.17, 15) is 8.42 Å². The van der Waals surface area contributed by atoms with Crippen LogP contribution < -0.4 is 19.5 Å². The molecule has 8 heteroatoms. The third-order valence-electron chi connectivity index (χ3n) is 4.97. The van der Waals surface area contributed by atoms with E-state index in [1.807, 2.05) is 37.3 Å². The molecule has 0 bridgehead atoms. The average Bonchev–Trinajstić information content (AvgIpc) is 3.55. The molecular weight excluding hydrogens is 390 g/mol. The van der Waals surface area contributed by atoms with E-state index in [4.69, 9.17) is 9.47 Å². The smallest absolute Gasteiger partial charge is 0.235 e. The third-order valence-corrected chi connectivity index (χ3v) is 6.82. The van der Waals surface area contributed by atoms with Crippen molar-refractivity contribution in [3.63, 3.8) is 0 Å². The lowest BCUT2D eigenvalue weighted by Gasteiger charge is -2.15. The first-order valence-electron chi connectivity index (χ1n) is 9.31. The molecule has 152 valence electrons. The Labute approximate surface area is 170 Å². The summed E-state index contributed by atoms with van der Waals surface area (Å²) in [6, 6.07) is 11.1. The van der Waals surface area contributed by atoms with Crippen molar-refractivity contribution in [3.05, 3.63) is 48.2 Å². The van der Waals surface area contributed by atoms with Crippen LogP contribution in [0.15, 0.2) is 42.6 Å². The van der Waals surface area contributed by atoms with Crippen LogP contribution in [-0.4, -0.2) is 32.9 Å². The lowest BCUT2D eigenvalue weighted by molar-refractivity contribution is 0.356. The van der Waals surface area contributed by atoms with Gasteiger partial charge in [-0.3, -0.25) is 9.71 Å². The van der Waals surface area contributed by atoms with Crippen LogP contribution in [0.4, 0.5) is 17.1 Å². The molecule has 2 N–H and O–H groups in total. The molecule has 1 fully saturated rings. The minimum atomic E-state index is -3.28. The molecule has 0 amide bonds. The predicted octanol–water partition coefficient (Wildman–Crippen LogP) is 4.21. The number of pyridine rings is 1. The molecule has 1 aliphatic rings. The topological polar surface area (TPSA) is 89.5 Å². The Balaban J connectivity index is 1.63. The Kier molecular flexibility index (Phi) is 4.96. The van der Waals surface area contributed by atoms with Gasteiger partial charge in [-0.2, -0.15) is 0 Å². The highest BCUT2D eigenvalue weighted by Crippen LogP contribution is 2.36. The number of hydrogen-bond acceptors (Lipinski definition) is 6. The van der Waals surface area contributed by atoms with Crippen molar-refractivity contribution < 1.29 is 17.9 Å². The molecule has 0 unspecified atom stereocenters. The molecular formula is C21H23N3O4S. The van der Waals surface area contributed by atoms with E-state index in [2.05, 4.69) is 15.0 Å². The number of methoxy groups -OCH3 is 2. The van der Waals surface area contributed by atoms with E-state index in [1.54, 1.807) is 26.5 Å². The number of anilines is 3. The van der Waals surface area contributed by atoms with Gasteiger partial charge in [-0.1, -0.05) is 0 Å². The standard InChI is InChI=1S/C21H23N3O4S/c1-13-10-14(4-7-17(13)24-29(25,26)15-5-6-15)23-18-8-9-22-19-12-21(28-3)20(27-2)11-16(18)19/h4,7-12,15,24H,5-6H2,1-3H3,(H,22,23). The zero-order valence-electron chi connectivity index (χ0n) is 16.5. The van der Waals surface area contributed by atoms with Gasteiger partial charge in [0.05, 0.1) is 30.7 Å². The van der Waals surface area contributed by atoms with Crippen LogP contribution in [-0.2, 0) is 10.0 Å². The van der Waals surface area contributed by atoms with Gasteiger partial charge in [0.15, 0.2) is 11.5 Å². The third kappa shape index (κ3) is 3.93. The van der Waals surface area contributed by atoms with Gasteiger partial charge in [-0.25, -0.2) is 8.42 Å². The first-order chi connectivity index (χ1) is 13.9. The molecule has 1 aliphatic carbocycles. The van der Waals surface area contributed by atoms with Crippen LogP contribution in [0.25, 0.3) is 10.9 Å². The SMILES string of the molecule is COc1cc2nccc(Nc3ccc(NS(=O)(=O)C4CC4)c(C)c3)c2cc1OC. The predicted molar refractivity (Wildman–Crippen MR) is 115 cm³/mol.